The maximum absolute atomic E-state index is 12.6. The van der Waals surface area contributed by atoms with Crippen LogP contribution in [-0.2, 0) is 4.79 Å². The molecule has 1 unspecified atom stereocenters. The Morgan fingerprint density at radius 1 is 1.19 bits per heavy atom. The lowest BCUT2D eigenvalue weighted by atomic mass is 10.1. The van der Waals surface area contributed by atoms with Crippen molar-refractivity contribution in [2.75, 3.05) is 4.90 Å². The normalized spacial score (nSPS) is 19.0. The van der Waals surface area contributed by atoms with Crippen LogP contribution in [0, 0.1) is 0 Å². The number of anilines is 1. The Morgan fingerprint density at radius 2 is 1.95 bits per heavy atom. The number of rotatable bonds is 3. The van der Waals surface area contributed by atoms with Crippen LogP contribution in [0.25, 0.3) is 0 Å². The molecule has 1 aliphatic rings. The summed E-state index contributed by atoms with van der Waals surface area (Å²) in [6, 6.07) is 13.2. The van der Waals surface area contributed by atoms with Crippen LogP contribution in [-0.4, -0.2) is 18.2 Å². The number of carbonyl (C=O) groups excluding carboxylic acids is 1. The molecule has 3 rings (SSSR count). The average Bonchev–Trinajstić information content (AvgIpc) is 3.08. The maximum Gasteiger partial charge on any atom is 0.277 e. The number of hydrogen-bond donors (Lipinski definition) is 0. The number of nitrogens with zero attached hydrogens (tertiary/aromatic N) is 2. The molecule has 1 aromatic carbocycles. The van der Waals surface area contributed by atoms with Gasteiger partial charge < -0.3 is 9.32 Å². The number of aliphatic imine (C=N–C) groups is 1. The lowest BCUT2D eigenvalue weighted by molar-refractivity contribution is -0.114. The molecule has 2 aromatic rings. The molecular formula is C17H16N2O2. The smallest absolute Gasteiger partial charge is 0.277 e. The third-order valence-electron chi connectivity index (χ3n) is 3.71. The number of hydrogen-bond acceptors (Lipinski definition) is 3. The molecule has 1 aromatic heterocycles. The van der Waals surface area contributed by atoms with Crippen molar-refractivity contribution in [1.29, 1.82) is 0 Å². The van der Waals surface area contributed by atoms with Gasteiger partial charge in [-0.1, -0.05) is 18.2 Å². The van der Waals surface area contributed by atoms with Crippen LogP contribution in [0.5, 0.6) is 0 Å². The van der Waals surface area contributed by atoms with E-state index in [9.17, 15) is 4.79 Å². The first-order valence-electron chi connectivity index (χ1n) is 6.85. The number of furan rings is 1. The molecule has 0 spiro atoms. The standard InChI is InChI=1S/C17H16N2O2/c1-12-13(2)19(14-7-4-3-5-8-14)17(20)16(12)18-11-15-9-6-10-21-15/h3-11,13H,1-2H3. The van der Waals surface area contributed by atoms with Crippen molar-refractivity contribution in [3.63, 3.8) is 0 Å². The van der Waals surface area contributed by atoms with E-state index in [-0.39, 0.29) is 11.9 Å². The summed E-state index contributed by atoms with van der Waals surface area (Å²) in [5.74, 6) is 0.558. The number of para-hydroxylation sites is 1. The lowest BCUT2D eigenvalue weighted by Crippen LogP contribution is -2.33. The predicted molar refractivity (Wildman–Crippen MR) is 82.4 cm³/mol. The Kier molecular flexibility index (Phi) is 3.44. The van der Waals surface area contributed by atoms with E-state index >= 15 is 0 Å². The summed E-state index contributed by atoms with van der Waals surface area (Å²) in [6.07, 6.45) is 3.16. The van der Waals surface area contributed by atoms with Gasteiger partial charge in [-0.05, 0) is 43.7 Å². The Labute approximate surface area is 123 Å². The van der Waals surface area contributed by atoms with Crippen molar-refractivity contribution in [2.24, 2.45) is 4.99 Å². The fourth-order valence-electron chi connectivity index (χ4n) is 2.43. The second-order valence-electron chi connectivity index (χ2n) is 4.99. The SMILES string of the molecule is CC1=C(N=Cc2ccco2)C(=O)N(c2ccccc2)C1C. The van der Waals surface area contributed by atoms with Gasteiger partial charge in [0.25, 0.3) is 5.91 Å². The second kappa shape index (κ2) is 5.40. The Balaban J connectivity index is 1.90. The van der Waals surface area contributed by atoms with E-state index in [0.717, 1.165) is 11.3 Å². The fourth-order valence-corrected chi connectivity index (χ4v) is 2.43. The molecule has 2 heterocycles. The first-order chi connectivity index (χ1) is 10.2. The van der Waals surface area contributed by atoms with Crippen molar-refractivity contribution in [1.82, 2.24) is 0 Å². The summed E-state index contributed by atoms with van der Waals surface area (Å²) < 4.78 is 5.21. The highest BCUT2D eigenvalue weighted by atomic mass is 16.3. The largest absolute Gasteiger partial charge is 0.463 e. The average molecular weight is 280 g/mol. The van der Waals surface area contributed by atoms with Crippen molar-refractivity contribution in [3.8, 4) is 0 Å². The molecule has 1 aliphatic heterocycles. The highest BCUT2D eigenvalue weighted by molar-refractivity contribution is 6.10. The van der Waals surface area contributed by atoms with E-state index in [1.54, 1.807) is 29.5 Å². The molecule has 0 bridgehead atoms. The van der Waals surface area contributed by atoms with Gasteiger partial charge in [-0.2, -0.15) is 0 Å². The van der Waals surface area contributed by atoms with Gasteiger partial charge in [0.2, 0.25) is 0 Å². The molecule has 4 heteroatoms. The zero-order chi connectivity index (χ0) is 14.8. The Bertz CT molecular complexity index is 700. The van der Waals surface area contributed by atoms with Gasteiger partial charge in [0.1, 0.15) is 11.5 Å². The minimum Gasteiger partial charge on any atom is -0.463 e. The van der Waals surface area contributed by atoms with E-state index in [4.69, 9.17) is 4.42 Å². The molecule has 0 N–H and O–H groups in total. The third kappa shape index (κ3) is 2.40. The first-order valence-corrected chi connectivity index (χ1v) is 6.85. The van der Waals surface area contributed by atoms with Gasteiger partial charge in [0.15, 0.2) is 0 Å². The lowest BCUT2D eigenvalue weighted by Gasteiger charge is -2.22. The van der Waals surface area contributed by atoms with E-state index < -0.39 is 0 Å². The molecule has 1 amide bonds. The molecule has 21 heavy (non-hydrogen) atoms. The van der Waals surface area contributed by atoms with Gasteiger partial charge >= 0.3 is 0 Å². The summed E-state index contributed by atoms with van der Waals surface area (Å²) in [5, 5.41) is 0. The third-order valence-corrected chi connectivity index (χ3v) is 3.71. The summed E-state index contributed by atoms with van der Waals surface area (Å²) >= 11 is 0. The molecule has 0 aliphatic carbocycles. The van der Waals surface area contributed by atoms with Gasteiger partial charge in [0.05, 0.1) is 18.5 Å². The van der Waals surface area contributed by atoms with Crippen molar-refractivity contribution in [2.45, 2.75) is 19.9 Å². The van der Waals surface area contributed by atoms with Crippen molar-refractivity contribution >= 4 is 17.8 Å². The maximum atomic E-state index is 12.6. The summed E-state index contributed by atoms with van der Waals surface area (Å²) in [7, 11) is 0. The first kappa shape index (κ1) is 13.4. The number of carbonyl (C=O) groups is 1. The van der Waals surface area contributed by atoms with Crippen molar-refractivity contribution in [3.05, 3.63) is 65.8 Å². The van der Waals surface area contributed by atoms with Crippen LogP contribution in [0.15, 0.2) is 69.4 Å². The molecule has 0 radical (unpaired) electrons. The summed E-state index contributed by atoms with van der Waals surface area (Å²) in [6.45, 7) is 3.95. The van der Waals surface area contributed by atoms with Crippen LogP contribution in [0.3, 0.4) is 0 Å². The monoisotopic (exact) mass is 280 g/mol. The molecule has 0 saturated heterocycles. The van der Waals surface area contributed by atoms with Crippen LogP contribution in [0.1, 0.15) is 19.6 Å². The van der Waals surface area contributed by atoms with Gasteiger partial charge in [-0.25, -0.2) is 4.99 Å². The highest BCUT2D eigenvalue weighted by Crippen LogP contribution is 2.31. The van der Waals surface area contributed by atoms with Crippen LogP contribution >= 0.6 is 0 Å². The fraction of sp³-hybridized carbons (Fsp3) is 0.176. The van der Waals surface area contributed by atoms with E-state index in [2.05, 4.69) is 4.99 Å². The number of benzene rings is 1. The zero-order valence-corrected chi connectivity index (χ0v) is 12.0. The molecule has 1 atom stereocenters. The summed E-state index contributed by atoms with van der Waals surface area (Å²) in [5.41, 5.74) is 2.34. The van der Waals surface area contributed by atoms with Crippen LogP contribution in [0.4, 0.5) is 5.69 Å². The van der Waals surface area contributed by atoms with Gasteiger partial charge in [-0.15, -0.1) is 0 Å². The second-order valence-corrected chi connectivity index (χ2v) is 4.99. The molecular weight excluding hydrogens is 264 g/mol. The van der Waals surface area contributed by atoms with Gasteiger partial charge in [-0.3, -0.25) is 4.79 Å². The molecule has 4 nitrogen and oxygen atoms in total. The summed E-state index contributed by atoms with van der Waals surface area (Å²) in [4.78, 5) is 18.7. The topological polar surface area (TPSA) is 45.8 Å². The van der Waals surface area contributed by atoms with Crippen LogP contribution < -0.4 is 4.90 Å². The molecule has 0 saturated carbocycles. The molecule has 106 valence electrons. The Hall–Kier alpha value is -2.62. The zero-order valence-electron chi connectivity index (χ0n) is 12.0. The molecule has 0 fully saturated rings. The van der Waals surface area contributed by atoms with Crippen LogP contribution in [0.2, 0.25) is 0 Å². The Morgan fingerprint density at radius 3 is 2.62 bits per heavy atom. The van der Waals surface area contributed by atoms with E-state index in [1.165, 1.54) is 0 Å². The minimum absolute atomic E-state index is 0.00338. The highest BCUT2D eigenvalue weighted by Gasteiger charge is 2.35. The van der Waals surface area contributed by atoms with E-state index in [0.29, 0.717) is 11.5 Å². The quantitative estimate of drug-likeness (QED) is 0.809. The van der Waals surface area contributed by atoms with Crippen molar-refractivity contribution < 1.29 is 9.21 Å². The van der Waals surface area contributed by atoms with E-state index in [1.807, 2.05) is 44.2 Å². The minimum atomic E-state index is -0.0750. The van der Waals surface area contributed by atoms with Gasteiger partial charge in [0, 0.05) is 5.69 Å². The predicted octanol–water partition coefficient (Wildman–Crippen LogP) is 3.41. The number of amides is 1.